The number of carbonyl (C=O) groups excluding carboxylic acids is 1. The monoisotopic (exact) mass is 309 g/mol. The van der Waals surface area contributed by atoms with E-state index in [1.807, 2.05) is 0 Å². The Labute approximate surface area is 125 Å². The van der Waals surface area contributed by atoms with E-state index in [9.17, 15) is 9.18 Å². The number of nitrogens with zero attached hydrogens (tertiary/aromatic N) is 5. The third-order valence-electron chi connectivity index (χ3n) is 3.31. The first kappa shape index (κ1) is 13.8. The predicted molar refractivity (Wildman–Crippen MR) is 77.0 cm³/mol. The van der Waals surface area contributed by atoms with Gasteiger partial charge in [0.25, 0.3) is 0 Å². The van der Waals surface area contributed by atoms with E-state index in [1.54, 1.807) is 33.9 Å². The molecule has 3 heterocycles. The minimum Gasteiger partial charge on any atom is -0.343 e. The molecule has 1 fully saturated rings. The molecule has 2 aromatic heterocycles. The van der Waals surface area contributed by atoms with Gasteiger partial charge in [0.2, 0.25) is 5.91 Å². The van der Waals surface area contributed by atoms with Crippen molar-refractivity contribution >= 4 is 29.0 Å². The van der Waals surface area contributed by atoms with E-state index in [2.05, 4.69) is 10.1 Å². The molecule has 8 heteroatoms. The topological polar surface area (TPSA) is 54.3 Å². The van der Waals surface area contributed by atoms with Gasteiger partial charge in [-0.05, 0) is 6.07 Å². The third-order valence-corrected chi connectivity index (χ3v) is 3.52. The smallest absolute Gasteiger partial charge is 0.246 e. The highest BCUT2D eigenvalue weighted by Gasteiger charge is 2.28. The zero-order chi connectivity index (χ0) is 15.0. The van der Waals surface area contributed by atoms with Crippen LogP contribution in [0.25, 0.3) is 0 Å². The molecule has 0 N–H and O–H groups in total. The lowest BCUT2D eigenvalue weighted by molar-refractivity contribution is -0.117. The molecule has 2 aromatic rings. The van der Waals surface area contributed by atoms with Gasteiger partial charge in [-0.3, -0.25) is 9.48 Å². The molecule has 6 nitrogen and oxygen atoms in total. The van der Waals surface area contributed by atoms with Gasteiger partial charge >= 0.3 is 0 Å². The third kappa shape index (κ3) is 2.69. The lowest BCUT2D eigenvalue weighted by atomic mass is 10.2. The van der Waals surface area contributed by atoms with Gasteiger partial charge in [-0.15, -0.1) is 0 Å². The highest BCUT2D eigenvalue weighted by Crippen LogP contribution is 2.23. The molecule has 0 saturated carbocycles. The van der Waals surface area contributed by atoms with Crippen LogP contribution in [-0.4, -0.2) is 40.3 Å². The number of rotatable bonds is 2. The number of amides is 1. The van der Waals surface area contributed by atoms with Gasteiger partial charge in [-0.1, -0.05) is 11.6 Å². The van der Waals surface area contributed by atoms with Crippen LogP contribution >= 0.6 is 11.6 Å². The average Bonchev–Trinajstić information content (AvgIpc) is 2.85. The Morgan fingerprint density at radius 3 is 2.76 bits per heavy atom. The number of hydrogen-bond donors (Lipinski definition) is 0. The maximum atomic E-state index is 13.9. The van der Waals surface area contributed by atoms with Crippen molar-refractivity contribution in [3.63, 3.8) is 0 Å². The van der Waals surface area contributed by atoms with Crippen molar-refractivity contribution in [3.05, 3.63) is 35.5 Å². The van der Waals surface area contributed by atoms with Crippen LogP contribution in [-0.2, 0) is 11.8 Å². The van der Waals surface area contributed by atoms with Crippen LogP contribution in [0, 0.1) is 5.82 Å². The molecule has 1 aliphatic heterocycles. The van der Waals surface area contributed by atoms with Gasteiger partial charge in [-0.2, -0.15) is 5.10 Å². The maximum absolute atomic E-state index is 13.9. The average molecular weight is 310 g/mol. The summed E-state index contributed by atoms with van der Waals surface area (Å²) in [5.41, 5.74) is 0.742. The van der Waals surface area contributed by atoms with E-state index in [0.29, 0.717) is 13.1 Å². The highest BCUT2D eigenvalue weighted by atomic mass is 35.5. The standard InChI is InChI=1S/C13H13ClFN5O/c1-18-7-10(6-17-18)20-3-2-19(8-12(20)21)13-11(15)4-9(14)5-16-13/h4-7H,2-3,8H2,1H3. The minimum atomic E-state index is -0.523. The number of hydrogen-bond acceptors (Lipinski definition) is 4. The summed E-state index contributed by atoms with van der Waals surface area (Å²) in [5, 5.41) is 4.28. The van der Waals surface area contributed by atoms with E-state index < -0.39 is 5.82 Å². The molecular formula is C13H13ClFN5O. The van der Waals surface area contributed by atoms with Crippen LogP contribution < -0.4 is 9.80 Å². The van der Waals surface area contributed by atoms with Gasteiger partial charge in [0.15, 0.2) is 11.6 Å². The lowest BCUT2D eigenvalue weighted by Gasteiger charge is -2.34. The fourth-order valence-electron chi connectivity index (χ4n) is 2.31. The van der Waals surface area contributed by atoms with Crippen molar-refractivity contribution in [1.29, 1.82) is 0 Å². The number of aromatic nitrogens is 3. The molecular weight excluding hydrogens is 297 g/mol. The molecule has 0 bridgehead atoms. The quantitative estimate of drug-likeness (QED) is 0.843. The fourth-order valence-corrected chi connectivity index (χ4v) is 2.46. The molecule has 0 unspecified atom stereocenters. The molecule has 0 spiro atoms. The van der Waals surface area contributed by atoms with Crippen molar-refractivity contribution in [3.8, 4) is 0 Å². The summed E-state index contributed by atoms with van der Waals surface area (Å²) in [5.74, 6) is -0.492. The van der Waals surface area contributed by atoms with Crippen LogP contribution in [0.1, 0.15) is 0 Å². The van der Waals surface area contributed by atoms with Crippen LogP contribution in [0.2, 0.25) is 5.02 Å². The first-order valence-electron chi connectivity index (χ1n) is 6.39. The molecule has 0 aliphatic carbocycles. The normalized spacial score (nSPS) is 15.7. The Morgan fingerprint density at radius 1 is 1.33 bits per heavy atom. The molecule has 1 amide bonds. The molecule has 21 heavy (non-hydrogen) atoms. The Balaban J connectivity index is 1.78. The summed E-state index contributed by atoms with van der Waals surface area (Å²) in [6.45, 7) is 1.01. The number of halogens is 2. The zero-order valence-electron chi connectivity index (χ0n) is 11.3. The maximum Gasteiger partial charge on any atom is 0.246 e. The highest BCUT2D eigenvalue weighted by molar-refractivity contribution is 6.30. The molecule has 0 aromatic carbocycles. The molecule has 1 saturated heterocycles. The van der Waals surface area contributed by atoms with Gasteiger partial charge in [0, 0.05) is 32.5 Å². The number of anilines is 2. The Morgan fingerprint density at radius 2 is 2.14 bits per heavy atom. The molecule has 1 aliphatic rings. The number of piperazine rings is 1. The summed E-state index contributed by atoms with van der Waals surface area (Å²) < 4.78 is 15.5. The largest absolute Gasteiger partial charge is 0.343 e. The van der Waals surface area contributed by atoms with Crippen molar-refractivity contribution in [1.82, 2.24) is 14.8 Å². The number of pyridine rings is 1. The van der Waals surface area contributed by atoms with E-state index in [-0.39, 0.29) is 23.3 Å². The van der Waals surface area contributed by atoms with E-state index in [1.165, 1.54) is 12.3 Å². The summed E-state index contributed by atoms with van der Waals surface area (Å²) in [6.07, 6.45) is 4.78. The van der Waals surface area contributed by atoms with E-state index in [0.717, 1.165) is 5.69 Å². The van der Waals surface area contributed by atoms with E-state index in [4.69, 9.17) is 11.6 Å². The predicted octanol–water partition coefficient (Wildman–Crippen LogP) is 1.46. The molecule has 0 atom stereocenters. The van der Waals surface area contributed by atoms with Crippen LogP contribution in [0.15, 0.2) is 24.7 Å². The Hall–Kier alpha value is -2.15. The SMILES string of the molecule is Cn1cc(N2CCN(c3ncc(Cl)cc3F)CC2=O)cn1. The van der Waals surface area contributed by atoms with Gasteiger partial charge < -0.3 is 9.80 Å². The van der Waals surface area contributed by atoms with Gasteiger partial charge in [-0.25, -0.2) is 9.37 Å². The summed E-state index contributed by atoms with van der Waals surface area (Å²) >= 11 is 5.68. The number of aryl methyl sites for hydroxylation is 1. The first-order chi connectivity index (χ1) is 10.0. The second-order valence-electron chi connectivity index (χ2n) is 4.80. The van der Waals surface area contributed by atoms with Gasteiger partial charge in [0.05, 0.1) is 23.5 Å². The number of carbonyl (C=O) groups is 1. The summed E-state index contributed by atoms with van der Waals surface area (Å²) in [7, 11) is 1.79. The van der Waals surface area contributed by atoms with Gasteiger partial charge in [0.1, 0.15) is 0 Å². The van der Waals surface area contributed by atoms with E-state index >= 15 is 0 Å². The zero-order valence-corrected chi connectivity index (χ0v) is 12.1. The van der Waals surface area contributed by atoms with Crippen LogP contribution in [0.3, 0.4) is 0 Å². The van der Waals surface area contributed by atoms with Crippen LogP contribution in [0.5, 0.6) is 0 Å². The second kappa shape index (κ2) is 5.33. The van der Waals surface area contributed by atoms with Crippen molar-refractivity contribution in [2.45, 2.75) is 0 Å². The van der Waals surface area contributed by atoms with Crippen molar-refractivity contribution < 1.29 is 9.18 Å². The Bertz CT molecular complexity index is 689. The minimum absolute atomic E-state index is 0.0699. The molecule has 110 valence electrons. The van der Waals surface area contributed by atoms with Crippen molar-refractivity contribution in [2.24, 2.45) is 7.05 Å². The van der Waals surface area contributed by atoms with Crippen molar-refractivity contribution in [2.75, 3.05) is 29.4 Å². The second-order valence-corrected chi connectivity index (χ2v) is 5.23. The fraction of sp³-hybridized carbons (Fsp3) is 0.308. The lowest BCUT2D eigenvalue weighted by Crippen LogP contribution is -2.51. The molecule has 3 rings (SSSR count). The first-order valence-corrected chi connectivity index (χ1v) is 6.77. The Kier molecular flexibility index (Phi) is 3.50. The summed E-state index contributed by atoms with van der Waals surface area (Å²) in [6, 6.07) is 1.20. The van der Waals surface area contributed by atoms with Crippen LogP contribution in [0.4, 0.5) is 15.9 Å². The summed E-state index contributed by atoms with van der Waals surface area (Å²) in [4.78, 5) is 19.5. The molecule has 0 radical (unpaired) electrons.